The molecule has 0 saturated carbocycles. The van der Waals surface area contributed by atoms with E-state index in [1.54, 1.807) is 19.4 Å². The Labute approximate surface area is 170 Å². The van der Waals surface area contributed by atoms with Gasteiger partial charge < -0.3 is 19.1 Å². The number of morpholine rings is 1. The second kappa shape index (κ2) is 8.68. The van der Waals surface area contributed by atoms with Crippen molar-refractivity contribution in [2.45, 2.75) is 19.9 Å². The van der Waals surface area contributed by atoms with E-state index in [1.165, 1.54) is 5.56 Å². The minimum absolute atomic E-state index is 0.112. The maximum Gasteiger partial charge on any atom is 0.178 e. The van der Waals surface area contributed by atoms with Crippen LogP contribution < -0.4 is 4.74 Å². The van der Waals surface area contributed by atoms with Gasteiger partial charge >= 0.3 is 0 Å². The first-order valence-corrected chi connectivity index (χ1v) is 9.94. The van der Waals surface area contributed by atoms with Crippen LogP contribution in [0.3, 0.4) is 0 Å². The van der Waals surface area contributed by atoms with Gasteiger partial charge in [-0.15, -0.1) is 0 Å². The first-order valence-electron chi connectivity index (χ1n) is 9.94. The number of aryl methyl sites for hydroxylation is 1. The number of rotatable bonds is 6. The van der Waals surface area contributed by atoms with Crippen LogP contribution in [0, 0.1) is 0 Å². The molecular formula is C23H26N2O4. The van der Waals surface area contributed by atoms with Crippen molar-refractivity contribution in [3.63, 3.8) is 0 Å². The Morgan fingerprint density at radius 1 is 1.10 bits per heavy atom. The number of ether oxygens (including phenoxy) is 2. The Kier molecular flexibility index (Phi) is 5.83. The number of phenolic OH excluding ortho intramolecular Hbond substituents is 1. The topological polar surface area (TPSA) is 68.0 Å². The van der Waals surface area contributed by atoms with Crippen LogP contribution >= 0.6 is 0 Å². The molecule has 0 unspecified atom stereocenters. The highest BCUT2D eigenvalue weighted by molar-refractivity contribution is 5.82. The normalized spacial score (nSPS) is 14.8. The fourth-order valence-electron chi connectivity index (χ4n) is 3.71. The van der Waals surface area contributed by atoms with E-state index in [2.05, 4.69) is 34.3 Å². The van der Waals surface area contributed by atoms with Crippen molar-refractivity contribution < 1.29 is 19.1 Å². The lowest BCUT2D eigenvalue weighted by Crippen LogP contribution is -2.35. The molecule has 2 heterocycles. The highest BCUT2D eigenvalue weighted by atomic mass is 16.5. The second-order valence-corrected chi connectivity index (χ2v) is 7.19. The van der Waals surface area contributed by atoms with Gasteiger partial charge in [-0.05, 0) is 29.2 Å². The van der Waals surface area contributed by atoms with Crippen LogP contribution in [0.4, 0.5) is 0 Å². The Morgan fingerprint density at radius 2 is 1.86 bits per heavy atom. The minimum Gasteiger partial charge on any atom is -0.507 e. The molecule has 0 radical (unpaired) electrons. The smallest absolute Gasteiger partial charge is 0.178 e. The van der Waals surface area contributed by atoms with E-state index in [1.807, 2.05) is 13.0 Å². The zero-order valence-corrected chi connectivity index (χ0v) is 16.9. The Hall–Kier alpha value is -2.83. The summed E-state index contributed by atoms with van der Waals surface area (Å²) in [5.74, 6) is 1.34. The predicted molar refractivity (Wildman–Crippen MR) is 111 cm³/mol. The first kappa shape index (κ1) is 19.5. The Balaban J connectivity index is 1.61. The largest absolute Gasteiger partial charge is 0.507 e. The monoisotopic (exact) mass is 394 g/mol. The van der Waals surface area contributed by atoms with Crippen molar-refractivity contribution in [1.29, 1.82) is 0 Å². The molecule has 1 saturated heterocycles. The number of aromatic hydroxyl groups is 1. The van der Waals surface area contributed by atoms with Gasteiger partial charge in [0.2, 0.25) is 0 Å². The second-order valence-electron chi connectivity index (χ2n) is 7.19. The van der Waals surface area contributed by atoms with Crippen molar-refractivity contribution in [1.82, 2.24) is 10.1 Å². The number of methoxy groups -OCH3 is 1. The van der Waals surface area contributed by atoms with Gasteiger partial charge in [0, 0.05) is 31.3 Å². The molecule has 2 aromatic carbocycles. The summed E-state index contributed by atoms with van der Waals surface area (Å²) in [6.07, 6.45) is 2.48. The lowest BCUT2D eigenvalue weighted by Gasteiger charge is -2.26. The van der Waals surface area contributed by atoms with E-state index < -0.39 is 0 Å². The van der Waals surface area contributed by atoms with Crippen molar-refractivity contribution >= 4 is 0 Å². The summed E-state index contributed by atoms with van der Waals surface area (Å²) < 4.78 is 16.3. The first-order chi connectivity index (χ1) is 14.2. The minimum atomic E-state index is 0.112. The average Bonchev–Trinajstić information content (AvgIpc) is 3.24. The standard InChI is InChI=1S/C23H26N2O4/c1-3-17-12-19(21(26)13-22(17)27-2)23-20(14-24-29-23)18-6-4-16(5-7-18)15-25-8-10-28-11-9-25/h4-7,12-14,26H,3,8-11,15H2,1-2H3. The molecule has 1 aliphatic rings. The van der Waals surface area contributed by atoms with Gasteiger partial charge in [0.05, 0.1) is 32.1 Å². The van der Waals surface area contributed by atoms with Gasteiger partial charge in [-0.25, -0.2) is 0 Å². The fraction of sp³-hybridized carbons (Fsp3) is 0.348. The number of nitrogens with zero attached hydrogens (tertiary/aromatic N) is 2. The van der Waals surface area contributed by atoms with E-state index in [9.17, 15) is 5.11 Å². The molecule has 0 aliphatic carbocycles. The van der Waals surface area contributed by atoms with Gasteiger partial charge in [0.1, 0.15) is 11.5 Å². The number of aromatic nitrogens is 1. The highest BCUT2D eigenvalue weighted by Crippen LogP contribution is 2.40. The van der Waals surface area contributed by atoms with Crippen LogP contribution in [0.15, 0.2) is 47.1 Å². The van der Waals surface area contributed by atoms with Crippen molar-refractivity contribution in [2.24, 2.45) is 0 Å². The number of phenols is 1. The zero-order valence-electron chi connectivity index (χ0n) is 16.9. The molecular weight excluding hydrogens is 368 g/mol. The van der Waals surface area contributed by atoms with E-state index >= 15 is 0 Å². The van der Waals surface area contributed by atoms with E-state index in [4.69, 9.17) is 14.0 Å². The van der Waals surface area contributed by atoms with Gasteiger partial charge in [0.15, 0.2) is 5.76 Å². The fourth-order valence-corrected chi connectivity index (χ4v) is 3.71. The number of hydrogen-bond donors (Lipinski definition) is 1. The third-order valence-corrected chi connectivity index (χ3v) is 5.37. The zero-order chi connectivity index (χ0) is 20.2. The molecule has 0 spiro atoms. The maximum atomic E-state index is 10.5. The van der Waals surface area contributed by atoms with Crippen molar-refractivity contribution in [3.05, 3.63) is 53.7 Å². The lowest BCUT2D eigenvalue weighted by atomic mass is 9.98. The lowest BCUT2D eigenvalue weighted by molar-refractivity contribution is 0.0342. The molecule has 0 atom stereocenters. The molecule has 1 aromatic heterocycles. The molecule has 4 rings (SSSR count). The van der Waals surface area contributed by atoms with Crippen LogP contribution in [0.25, 0.3) is 22.5 Å². The molecule has 0 amide bonds. The van der Waals surface area contributed by atoms with E-state index in [-0.39, 0.29) is 5.75 Å². The molecule has 1 fully saturated rings. The molecule has 1 N–H and O–H groups in total. The van der Waals surface area contributed by atoms with Crippen LogP contribution in [0.2, 0.25) is 0 Å². The summed E-state index contributed by atoms with van der Waals surface area (Å²) in [6.45, 7) is 6.50. The summed E-state index contributed by atoms with van der Waals surface area (Å²) in [5.41, 5.74) is 4.73. The summed E-state index contributed by atoms with van der Waals surface area (Å²) >= 11 is 0. The predicted octanol–water partition coefficient (Wildman–Crippen LogP) is 4.12. The maximum absolute atomic E-state index is 10.5. The van der Waals surface area contributed by atoms with Crippen molar-refractivity contribution in [3.8, 4) is 33.9 Å². The third kappa shape index (κ3) is 4.13. The summed E-state index contributed by atoms with van der Waals surface area (Å²) in [6, 6.07) is 12.0. The summed E-state index contributed by atoms with van der Waals surface area (Å²) in [4.78, 5) is 2.39. The van der Waals surface area contributed by atoms with Gasteiger partial charge in [-0.3, -0.25) is 4.90 Å². The number of benzene rings is 2. The molecule has 0 bridgehead atoms. The van der Waals surface area contributed by atoms with Gasteiger partial charge in [0.25, 0.3) is 0 Å². The van der Waals surface area contributed by atoms with E-state index in [0.717, 1.165) is 56.0 Å². The quantitative estimate of drug-likeness (QED) is 0.678. The Bertz CT molecular complexity index is 960. The van der Waals surface area contributed by atoms with Crippen LogP contribution in [0.1, 0.15) is 18.1 Å². The van der Waals surface area contributed by atoms with Crippen LogP contribution in [-0.2, 0) is 17.7 Å². The highest BCUT2D eigenvalue weighted by Gasteiger charge is 2.19. The van der Waals surface area contributed by atoms with Crippen LogP contribution in [0.5, 0.6) is 11.5 Å². The van der Waals surface area contributed by atoms with Crippen LogP contribution in [-0.4, -0.2) is 48.6 Å². The Morgan fingerprint density at radius 3 is 2.55 bits per heavy atom. The van der Waals surface area contributed by atoms with Gasteiger partial charge in [-0.1, -0.05) is 36.3 Å². The molecule has 152 valence electrons. The SMILES string of the molecule is CCc1cc(-c2oncc2-c2ccc(CN3CCOCC3)cc2)c(O)cc1OC. The summed E-state index contributed by atoms with van der Waals surface area (Å²) in [5, 5.41) is 14.5. The number of hydrogen-bond acceptors (Lipinski definition) is 6. The molecule has 29 heavy (non-hydrogen) atoms. The third-order valence-electron chi connectivity index (χ3n) is 5.37. The van der Waals surface area contributed by atoms with Crippen molar-refractivity contribution in [2.75, 3.05) is 33.4 Å². The summed E-state index contributed by atoms with van der Waals surface area (Å²) in [7, 11) is 1.60. The molecule has 3 aromatic rings. The molecule has 6 heteroatoms. The molecule has 6 nitrogen and oxygen atoms in total. The van der Waals surface area contributed by atoms with E-state index in [0.29, 0.717) is 17.1 Å². The molecule has 1 aliphatic heterocycles. The average molecular weight is 394 g/mol. The van der Waals surface area contributed by atoms with Gasteiger partial charge in [-0.2, -0.15) is 0 Å².